The van der Waals surface area contributed by atoms with Gasteiger partial charge in [0, 0.05) is 17.2 Å². The molecule has 0 unspecified atom stereocenters. The summed E-state index contributed by atoms with van der Waals surface area (Å²) < 4.78 is 11.2. The number of ether oxygens (including phenoxy) is 2. The Bertz CT molecular complexity index is 950. The van der Waals surface area contributed by atoms with Crippen LogP contribution in [0.1, 0.15) is 46.5 Å². The number of carbonyl (C=O) groups excluding carboxylic acids is 1. The number of rotatable bonds is 6. The van der Waals surface area contributed by atoms with E-state index < -0.39 is 5.60 Å². The van der Waals surface area contributed by atoms with Crippen molar-refractivity contribution in [2.75, 3.05) is 12.3 Å². The highest BCUT2D eigenvalue weighted by Gasteiger charge is 2.68. The Balaban J connectivity index is 1.29. The molecule has 1 aromatic heterocycles. The molecule has 1 amide bonds. The second-order valence-corrected chi connectivity index (χ2v) is 9.53. The number of aromatic nitrogens is 2. The summed E-state index contributed by atoms with van der Waals surface area (Å²) in [7, 11) is 0. The molecule has 4 N–H and O–H groups in total. The van der Waals surface area contributed by atoms with Crippen LogP contribution in [0, 0.1) is 5.41 Å². The lowest BCUT2D eigenvalue weighted by atomic mass is 9.38. The van der Waals surface area contributed by atoms with E-state index in [4.69, 9.17) is 15.2 Å². The van der Waals surface area contributed by atoms with E-state index in [0.29, 0.717) is 23.6 Å². The monoisotopic (exact) mass is 412 g/mol. The van der Waals surface area contributed by atoms with Crippen molar-refractivity contribution in [1.82, 2.24) is 15.5 Å². The van der Waals surface area contributed by atoms with Crippen molar-refractivity contribution in [2.45, 2.75) is 57.6 Å². The minimum absolute atomic E-state index is 0.114. The van der Waals surface area contributed by atoms with E-state index in [2.05, 4.69) is 15.5 Å². The molecule has 5 rings (SSSR count). The van der Waals surface area contributed by atoms with Crippen molar-refractivity contribution in [2.24, 2.45) is 5.41 Å². The Kier molecular flexibility index (Phi) is 4.75. The third-order valence-electron chi connectivity index (χ3n) is 5.76. The lowest BCUT2D eigenvalue weighted by Gasteiger charge is -2.70. The van der Waals surface area contributed by atoms with Gasteiger partial charge in [-0.1, -0.05) is 12.1 Å². The smallest absolute Gasteiger partial charge is 0.408 e. The molecule has 8 heteroatoms. The number of aromatic hydroxyl groups is 1. The maximum atomic E-state index is 12.0. The molecule has 0 saturated heterocycles. The van der Waals surface area contributed by atoms with E-state index in [1.807, 2.05) is 26.8 Å². The number of nitrogen functional groups attached to an aromatic ring is 1. The lowest BCUT2D eigenvalue weighted by Crippen LogP contribution is -2.75. The first-order valence-corrected chi connectivity index (χ1v) is 10.1. The highest BCUT2D eigenvalue weighted by atomic mass is 16.6. The van der Waals surface area contributed by atoms with Gasteiger partial charge in [0.25, 0.3) is 0 Å². The Morgan fingerprint density at radius 3 is 2.60 bits per heavy atom. The number of para-hydroxylation sites is 1. The summed E-state index contributed by atoms with van der Waals surface area (Å²) in [5, 5.41) is 21.1. The number of anilines is 1. The number of amides is 1. The van der Waals surface area contributed by atoms with Crippen molar-refractivity contribution >= 4 is 11.9 Å². The van der Waals surface area contributed by atoms with Crippen LogP contribution in [0.4, 0.5) is 10.6 Å². The molecule has 3 saturated carbocycles. The summed E-state index contributed by atoms with van der Waals surface area (Å²) in [6.07, 6.45) is 3.35. The molecule has 0 aliphatic heterocycles. The van der Waals surface area contributed by atoms with Gasteiger partial charge in [-0.25, -0.2) is 4.79 Å². The Labute approximate surface area is 175 Å². The number of alkyl carbamates (subject to hydrolysis) is 1. The number of phenols is 1. The number of carbonyl (C=O) groups is 1. The van der Waals surface area contributed by atoms with Gasteiger partial charge in [0.1, 0.15) is 17.0 Å². The van der Waals surface area contributed by atoms with Gasteiger partial charge >= 0.3 is 6.09 Å². The second-order valence-electron chi connectivity index (χ2n) is 9.53. The summed E-state index contributed by atoms with van der Waals surface area (Å²) >= 11 is 0. The van der Waals surface area contributed by atoms with Gasteiger partial charge in [-0.3, -0.25) is 0 Å². The van der Waals surface area contributed by atoms with Gasteiger partial charge < -0.3 is 25.6 Å². The van der Waals surface area contributed by atoms with Crippen LogP contribution >= 0.6 is 0 Å². The van der Waals surface area contributed by atoms with E-state index in [-0.39, 0.29) is 28.6 Å². The molecule has 2 bridgehead atoms. The topological polar surface area (TPSA) is 120 Å². The van der Waals surface area contributed by atoms with Gasteiger partial charge in [-0.15, -0.1) is 10.2 Å². The second kappa shape index (κ2) is 7.04. The fourth-order valence-corrected chi connectivity index (χ4v) is 4.61. The summed E-state index contributed by atoms with van der Waals surface area (Å²) in [5.41, 5.74) is 6.60. The van der Waals surface area contributed by atoms with Crippen LogP contribution in [0.5, 0.6) is 11.5 Å². The zero-order chi connectivity index (χ0) is 21.6. The Morgan fingerprint density at radius 2 is 1.93 bits per heavy atom. The molecule has 1 aromatic carbocycles. The fraction of sp³-hybridized carbons (Fsp3) is 0.500. The number of nitrogens with two attached hydrogens (primary N) is 1. The molecule has 0 atom stereocenters. The summed E-state index contributed by atoms with van der Waals surface area (Å²) in [6, 6.07) is 8.62. The number of benzene rings is 1. The van der Waals surface area contributed by atoms with Crippen LogP contribution in [0.3, 0.4) is 0 Å². The Morgan fingerprint density at radius 1 is 1.23 bits per heavy atom. The average Bonchev–Trinajstić information content (AvgIpc) is 2.59. The predicted molar refractivity (Wildman–Crippen MR) is 112 cm³/mol. The van der Waals surface area contributed by atoms with Crippen LogP contribution in [-0.4, -0.2) is 39.1 Å². The quantitative estimate of drug-likeness (QED) is 0.662. The first-order valence-electron chi connectivity index (χ1n) is 10.1. The van der Waals surface area contributed by atoms with Crippen molar-refractivity contribution in [3.63, 3.8) is 0 Å². The summed E-state index contributed by atoms with van der Waals surface area (Å²) in [6.45, 7) is 6.07. The molecule has 8 nitrogen and oxygen atoms in total. The first kappa shape index (κ1) is 20.3. The standard InChI is InChI=1S/C22H28N4O4/c1-20(2,3)30-19(28)24-22-11-21(12-22,13-22)8-9-29-17-10-15(25-26-18(17)23)14-6-4-5-7-16(14)27/h4-7,10,27H,8-9,11-13H2,1-3H3,(H2,23,26)(H,24,28). The van der Waals surface area contributed by atoms with Crippen LogP contribution in [0.25, 0.3) is 11.3 Å². The molecule has 160 valence electrons. The van der Waals surface area contributed by atoms with Gasteiger partial charge in [-0.2, -0.15) is 0 Å². The molecule has 1 heterocycles. The van der Waals surface area contributed by atoms with Crippen molar-refractivity contribution in [3.8, 4) is 22.8 Å². The van der Waals surface area contributed by atoms with Gasteiger partial charge in [-0.05, 0) is 64.0 Å². The van der Waals surface area contributed by atoms with E-state index in [0.717, 1.165) is 25.7 Å². The zero-order valence-electron chi connectivity index (χ0n) is 17.6. The van der Waals surface area contributed by atoms with Crippen molar-refractivity contribution in [1.29, 1.82) is 0 Å². The summed E-state index contributed by atoms with van der Waals surface area (Å²) in [4.78, 5) is 12.0. The minimum Gasteiger partial charge on any atom is -0.507 e. The largest absolute Gasteiger partial charge is 0.507 e. The summed E-state index contributed by atoms with van der Waals surface area (Å²) in [5.74, 6) is 0.797. The maximum absolute atomic E-state index is 12.0. The molecule has 3 aliphatic rings. The SMILES string of the molecule is CC(C)(C)OC(=O)NC12CC(CCOc3cc(-c4ccccc4O)nnc3N)(C1)C2. The third kappa shape index (κ3) is 3.99. The predicted octanol–water partition coefficient (Wildman–Crippen LogP) is 3.65. The molecule has 3 fully saturated rings. The lowest BCUT2D eigenvalue weighted by molar-refractivity contribution is -0.159. The first-order chi connectivity index (χ1) is 14.1. The zero-order valence-corrected chi connectivity index (χ0v) is 17.6. The molecule has 30 heavy (non-hydrogen) atoms. The average molecular weight is 412 g/mol. The van der Waals surface area contributed by atoms with Gasteiger partial charge in [0.05, 0.1) is 6.61 Å². The number of hydrogen-bond acceptors (Lipinski definition) is 7. The van der Waals surface area contributed by atoms with Crippen LogP contribution < -0.4 is 15.8 Å². The third-order valence-corrected chi connectivity index (χ3v) is 5.76. The molecular formula is C22H28N4O4. The minimum atomic E-state index is -0.493. The Hall–Kier alpha value is -3.03. The van der Waals surface area contributed by atoms with Crippen molar-refractivity contribution < 1.29 is 19.4 Å². The molecule has 0 spiro atoms. The normalized spacial score (nSPS) is 24.4. The van der Waals surface area contributed by atoms with E-state index in [1.165, 1.54) is 0 Å². The maximum Gasteiger partial charge on any atom is 0.408 e. The van der Waals surface area contributed by atoms with Gasteiger partial charge in [0.15, 0.2) is 11.6 Å². The van der Waals surface area contributed by atoms with Crippen LogP contribution in [-0.2, 0) is 4.74 Å². The van der Waals surface area contributed by atoms with Crippen LogP contribution in [0.2, 0.25) is 0 Å². The molecule has 2 aromatic rings. The number of nitrogens with zero attached hydrogens (tertiary/aromatic N) is 2. The van der Waals surface area contributed by atoms with E-state index in [1.54, 1.807) is 24.3 Å². The number of hydrogen-bond donors (Lipinski definition) is 3. The number of nitrogens with one attached hydrogen (secondary N) is 1. The fourth-order valence-electron chi connectivity index (χ4n) is 4.61. The highest BCUT2D eigenvalue weighted by molar-refractivity contribution is 5.70. The molecular weight excluding hydrogens is 384 g/mol. The number of phenolic OH excluding ortho intramolecular Hbond substituents is 1. The van der Waals surface area contributed by atoms with Gasteiger partial charge in [0.2, 0.25) is 0 Å². The molecule has 0 radical (unpaired) electrons. The van der Waals surface area contributed by atoms with E-state index in [9.17, 15) is 9.90 Å². The molecule has 3 aliphatic carbocycles. The van der Waals surface area contributed by atoms with Crippen molar-refractivity contribution in [3.05, 3.63) is 30.3 Å². The van der Waals surface area contributed by atoms with E-state index >= 15 is 0 Å². The highest BCUT2D eigenvalue weighted by Crippen LogP contribution is 2.68. The van der Waals surface area contributed by atoms with Crippen LogP contribution in [0.15, 0.2) is 30.3 Å².